The van der Waals surface area contributed by atoms with Crippen LogP contribution in [0, 0.1) is 11.8 Å². The Morgan fingerprint density at radius 2 is 1.58 bits per heavy atom. The molecule has 0 N–H and O–H groups in total. The average molecular weight is 262 g/mol. The highest BCUT2D eigenvalue weighted by atomic mass is 16.5. The highest BCUT2D eigenvalue weighted by Crippen LogP contribution is 2.56. The smallest absolute Gasteiger partial charge is 0.129 e. The molecule has 3 unspecified atom stereocenters. The van der Waals surface area contributed by atoms with Gasteiger partial charge < -0.3 is 14.2 Å². The number of fused-ring (bicyclic) bond motifs is 2. The van der Waals surface area contributed by atoms with E-state index in [9.17, 15) is 0 Å². The third-order valence-electron chi connectivity index (χ3n) is 4.86. The van der Waals surface area contributed by atoms with Crippen LogP contribution in [-0.4, -0.2) is 21.3 Å². The number of methoxy groups -OCH3 is 3. The molecule has 0 aliphatic heterocycles. The first-order valence-corrected chi connectivity index (χ1v) is 7.06. The minimum absolute atomic E-state index is 0.592. The third-order valence-corrected chi connectivity index (χ3v) is 4.86. The van der Waals surface area contributed by atoms with Crippen molar-refractivity contribution in [2.45, 2.75) is 31.6 Å². The molecule has 0 radical (unpaired) electrons. The third kappa shape index (κ3) is 2.05. The summed E-state index contributed by atoms with van der Waals surface area (Å²) in [7, 11) is 5.13. The lowest BCUT2D eigenvalue weighted by molar-refractivity contribution is 0.343. The van der Waals surface area contributed by atoms with E-state index < -0.39 is 0 Å². The van der Waals surface area contributed by atoms with Crippen molar-refractivity contribution in [2.75, 3.05) is 21.3 Å². The Kier molecular flexibility index (Phi) is 3.29. The summed E-state index contributed by atoms with van der Waals surface area (Å²) in [6.07, 6.45) is 5.42. The monoisotopic (exact) mass is 262 g/mol. The Morgan fingerprint density at radius 1 is 0.895 bits per heavy atom. The first-order valence-electron chi connectivity index (χ1n) is 7.06. The molecule has 3 heteroatoms. The van der Waals surface area contributed by atoms with Crippen molar-refractivity contribution in [3.8, 4) is 17.2 Å². The van der Waals surface area contributed by atoms with Gasteiger partial charge in [0.05, 0.1) is 21.3 Å². The van der Waals surface area contributed by atoms with Gasteiger partial charge in [-0.2, -0.15) is 0 Å². The molecule has 0 heterocycles. The van der Waals surface area contributed by atoms with Gasteiger partial charge >= 0.3 is 0 Å². The van der Waals surface area contributed by atoms with Crippen molar-refractivity contribution in [2.24, 2.45) is 11.8 Å². The predicted molar refractivity (Wildman–Crippen MR) is 74.3 cm³/mol. The van der Waals surface area contributed by atoms with Crippen molar-refractivity contribution in [3.05, 3.63) is 17.7 Å². The van der Waals surface area contributed by atoms with Crippen molar-refractivity contribution < 1.29 is 14.2 Å². The molecule has 1 aromatic rings. The lowest BCUT2D eigenvalue weighted by Gasteiger charge is -2.26. The van der Waals surface area contributed by atoms with Crippen LogP contribution in [0.3, 0.4) is 0 Å². The Labute approximate surface area is 114 Å². The van der Waals surface area contributed by atoms with Crippen LogP contribution in [0.2, 0.25) is 0 Å². The van der Waals surface area contributed by atoms with E-state index in [1.54, 1.807) is 21.3 Å². The van der Waals surface area contributed by atoms with E-state index in [2.05, 4.69) is 0 Å². The fourth-order valence-corrected chi connectivity index (χ4v) is 4.00. The van der Waals surface area contributed by atoms with Crippen LogP contribution in [0.1, 0.15) is 37.2 Å². The number of hydrogen-bond donors (Lipinski definition) is 0. The molecule has 3 rings (SSSR count). The highest BCUT2D eigenvalue weighted by Gasteiger charge is 2.42. The molecule has 0 aromatic heterocycles. The summed E-state index contributed by atoms with van der Waals surface area (Å²) >= 11 is 0. The minimum Gasteiger partial charge on any atom is -0.496 e. The second-order valence-corrected chi connectivity index (χ2v) is 5.73. The first kappa shape index (κ1) is 12.6. The normalized spacial score (nSPS) is 28.5. The van der Waals surface area contributed by atoms with Crippen LogP contribution < -0.4 is 14.2 Å². The molecule has 0 amide bonds. The molecule has 2 fully saturated rings. The Balaban J connectivity index is 2.03. The Morgan fingerprint density at radius 3 is 2.00 bits per heavy atom. The van der Waals surface area contributed by atoms with Gasteiger partial charge in [0.15, 0.2) is 0 Å². The average Bonchev–Trinajstić information content (AvgIpc) is 3.08. The number of hydrogen-bond acceptors (Lipinski definition) is 3. The molecule has 0 spiro atoms. The molecule has 1 aromatic carbocycles. The molecular weight excluding hydrogens is 240 g/mol. The van der Waals surface area contributed by atoms with E-state index in [0.717, 1.165) is 29.1 Å². The van der Waals surface area contributed by atoms with Gasteiger partial charge in [-0.05, 0) is 37.0 Å². The van der Waals surface area contributed by atoms with E-state index >= 15 is 0 Å². The number of benzene rings is 1. The van der Waals surface area contributed by atoms with Crippen LogP contribution >= 0.6 is 0 Å². The fraction of sp³-hybridized carbons (Fsp3) is 0.625. The predicted octanol–water partition coefficient (Wildman–Crippen LogP) is 3.62. The van der Waals surface area contributed by atoms with E-state index in [1.165, 1.54) is 31.2 Å². The Bertz CT molecular complexity index is 444. The lowest BCUT2D eigenvalue weighted by atomic mass is 9.82. The molecule has 2 aliphatic carbocycles. The summed E-state index contributed by atoms with van der Waals surface area (Å²) in [5.74, 6) is 4.92. The molecule has 3 nitrogen and oxygen atoms in total. The second kappa shape index (κ2) is 4.95. The highest BCUT2D eigenvalue weighted by molar-refractivity contribution is 5.53. The molecule has 2 saturated carbocycles. The van der Waals surface area contributed by atoms with Gasteiger partial charge in [-0.1, -0.05) is 6.42 Å². The molecule has 2 aliphatic rings. The van der Waals surface area contributed by atoms with Gasteiger partial charge in [0.25, 0.3) is 0 Å². The van der Waals surface area contributed by atoms with Crippen molar-refractivity contribution in [1.29, 1.82) is 0 Å². The van der Waals surface area contributed by atoms with Gasteiger partial charge in [-0.15, -0.1) is 0 Å². The van der Waals surface area contributed by atoms with Crippen LogP contribution in [0.5, 0.6) is 17.2 Å². The summed E-state index contributed by atoms with van der Waals surface area (Å²) < 4.78 is 16.5. The summed E-state index contributed by atoms with van der Waals surface area (Å²) in [5, 5.41) is 0. The Hall–Kier alpha value is -1.38. The largest absolute Gasteiger partial charge is 0.496 e. The van der Waals surface area contributed by atoms with Crippen LogP contribution in [0.25, 0.3) is 0 Å². The summed E-state index contributed by atoms with van der Waals surface area (Å²) in [6.45, 7) is 0. The van der Waals surface area contributed by atoms with Gasteiger partial charge in [0, 0.05) is 17.7 Å². The maximum absolute atomic E-state index is 5.59. The fourth-order valence-electron chi connectivity index (χ4n) is 4.00. The second-order valence-electron chi connectivity index (χ2n) is 5.73. The van der Waals surface area contributed by atoms with E-state index in [-0.39, 0.29) is 0 Å². The maximum atomic E-state index is 5.59. The van der Waals surface area contributed by atoms with E-state index in [4.69, 9.17) is 14.2 Å². The SMILES string of the molecule is COc1cc(OC)c(C2CC3CCC2C3)c(OC)c1. The minimum atomic E-state index is 0.592. The van der Waals surface area contributed by atoms with Crippen molar-refractivity contribution in [3.63, 3.8) is 0 Å². The standard InChI is InChI=1S/C16H22O3/c1-17-12-8-14(18-2)16(15(9-12)19-3)13-7-10-4-5-11(13)6-10/h8-11,13H,4-7H2,1-3H3. The van der Waals surface area contributed by atoms with Crippen LogP contribution in [-0.2, 0) is 0 Å². The summed E-state index contributed by atoms with van der Waals surface area (Å²) in [6, 6.07) is 3.95. The van der Waals surface area contributed by atoms with Crippen LogP contribution in [0.15, 0.2) is 12.1 Å². The quantitative estimate of drug-likeness (QED) is 0.829. The van der Waals surface area contributed by atoms with Gasteiger partial charge in [-0.3, -0.25) is 0 Å². The molecule has 3 atom stereocenters. The van der Waals surface area contributed by atoms with Gasteiger partial charge in [0.2, 0.25) is 0 Å². The van der Waals surface area contributed by atoms with Gasteiger partial charge in [-0.25, -0.2) is 0 Å². The van der Waals surface area contributed by atoms with E-state index in [1.807, 2.05) is 12.1 Å². The van der Waals surface area contributed by atoms with Crippen LogP contribution in [0.4, 0.5) is 0 Å². The molecule has 2 bridgehead atoms. The zero-order valence-electron chi connectivity index (χ0n) is 11.9. The van der Waals surface area contributed by atoms with Gasteiger partial charge in [0.1, 0.15) is 17.2 Å². The molecule has 104 valence electrons. The van der Waals surface area contributed by atoms with Crippen molar-refractivity contribution >= 4 is 0 Å². The topological polar surface area (TPSA) is 27.7 Å². The zero-order valence-corrected chi connectivity index (χ0v) is 11.9. The molecule has 19 heavy (non-hydrogen) atoms. The molecular formula is C16H22O3. The lowest BCUT2D eigenvalue weighted by Crippen LogP contribution is -2.11. The molecule has 0 saturated heterocycles. The van der Waals surface area contributed by atoms with Crippen molar-refractivity contribution in [1.82, 2.24) is 0 Å². The number of rotatable bonds is 4. The zero-order chi connectivity index (χ0) is 13.4. The maximum Gasteiger partial charge on any atom is 0.129 e. The van der Waals surface area contributed by atoms with E-state index in [0.29, 0.717) is 5.92 Å². The first-order chi connectivity index (χ1) is 9.26. The summed E-state index contributed by atoms with van der Waals surface area (Å²) in [4.78, 5) is 0. The summed E-state index contributed by atoms with van der Waals surface area (Å²) in [5.41, 5.74) is 1.25. The number of ether oxygens (including phenoxy) is 3.